The van der Waals surface area contributed by atoms with Crippen molar-refractivity contribution in [2.24, 2.45) is 11.8 Å². The molecular weight excluding hydrogens is 355 g/mol. The highest BCUT2D eigenvalue weighted by molar-refractivity contribution is 6.32. The van der Waals surface area contributed by atoms with Gasteiger partial charge in [-0.05, 0) is 30.0 Å². The molecule has 0 atom stereocenters. The first-order chi connectivity index (χ1) is 12.3. The maximum Gasteiger partial charge on any atom is 0.227 e. The fourth-order valence-electron chi connectivity index (χ4n) is 2.60. The Balaban J connectivity index is 2.29. The molecule has 26 heavy (non-hydrogen) atoms. The first-order valence-electron chi connectivity index (χ1n) is 8.68. The van der Waals surface area contributed by atoms with E-state index < -0.39 is 5.82 Å². The molecule has 1 N–H and O–H groups in total. The summed E-state index contributed by atoms with van der Waals surface area (Å²) in [5.41, 5.74) is 0.624. The Bertz CT molecular complexity index is 729. The molecule has 0 aliphatic rings. The van der Waals surface area contributed by atoms with Crippen LogP contribution in [0, 0.1) is 17.7 Å². The second-order valence-electron chi connectivity index (χ2n) is 7.03. The van der Waals surface area contributed by atoms with E-state index in [-0.39, 0.29) is 5.82 Å². The van der Waals surface area contributed by atoms with Crippen molar-refractivity contribution in [1.82, 2.24) is 9.97 Å². The Morgan fingerprint density at radius 1 is 1.19 bits per heavy atom. The molecule has 1 aromatic carbocycles. The number of benzene rings is 1. The van der Waals surface area contributed by atoms with Gasteiger partial charge in [-0.25, -0.2) is 9.37 Å². The average molecular weight is 381 g/mol. The van der Waals surface area contributed by atoms with Crippen LogP contribution >= 0.6 is 11.6 Å². The molecule has 1 heterocycles. The molecule has 0 amide bonds. The van der Waals surface area contributed by atoms with Crippen LogP contribution in [0.2, 0.25) is 5.02 Å². The highest BCUT2D eigenvalue weighted by atomic mass is 35.5. The molecule has 0 saturated carbocycles. The zero-order valence-corrected chi connectivity index (χ0v) is 16.6. The highest BCUT2D eigenvalue weighted by Crippen LogP contribution is 2.29. The van der Waals surface area contributed by atoms with Crippen LogP contribution in [0.3, 0.4) is 0 Å². The number of nitrogens with zero attached hydrogens (tertiary/aromatic N) is 3. The lowest BCUT2D eigenvalue weighted by molar-refractivity contribution is 0.415. The first-order valence-corrected chi connectivity index (χ1v) is 9.06. The zero-order valence-electron chi connectivity index (χ0n) is 15.9. The lowest BCUT2D eigenvalue weighted by atomic mass is 10.1. The second kappa shape index (κ2) is 9.03. The van der Waals surface area contributed by atoms with Crippen LogP contribution in [0.4, 0.5) is 21.8 Å². The summed E-state index contributed by atoms with van der Waals surface area (Å²) < 4.78 is 19.4. The summed E-state index contributed by atoms with van der Waals surface area (Å²) in [6.07, 6.45) is 1.20. The van der Waals surface area contributed by atoms with Gasteiger partial charge in [-0.1, -0.05) is 39.3 Å². The standard InChI is InChI=1S/C19H26ClFN4O/c1-12(2)10-25(11-13(3)4)19-22-9-16(21)18(24-19)23-14-6-7-17(26-5)15(20)8-14/h6-9,12-13H,10-11H2,1-5H3,(H,22,23,24). The molecule has 0 saturated heterocycles. The Kier molecular flexibility index (Phi) is 7.03. The maximum absolute atomic E-state index is 14.2. The summed E-state index contributed by atoms with van der Waals surface area (Å²) in [4.78, 5) is 10.7. The van der Waals surface area contributed by atoms with E-state index in [0.29, 0.717) is 34.2 Å². The third kappa shape index (κ3) is 5.46. The van der Waals surface area contributed by atoms with Crippen LogP contribution in [0.5, 0.6) is 5.75 Å². The smallest absolute Gasteiger partial charge is 0.227 e. The molecule has 0 aliphatic carbocycles. The summed E-state index contributed by atoms with van der Waals surface area (Å²) in [5, 5.41) is 3.41. The molecule has 0 spiro atoms. The number of halogens is 2. The van der Waals surface area contributed by atoms with Crippen LogP contribution in [-0.2, 0) is 0 Å². The number of rotatable bonds is 8. The monoisotopic (exact) mass is 380 g/mol. The molecule has 2 aromatic rings. The Hall–Kier alpha value is -2.08. The molecule has 7 heteroatoms. The number of hydrogen-bond acceptors (Lipinski definition) is 5. The van der Waals surface area contributed by atoms with Gasteiger partial charge in [0.2, 0.25) is 5.95 Å². The molecule has 0 radical (unpaired) electrons. The minimum atomic E-state index is -0.519. The largest absolute Gasteiger partial charge is 0.495 e. The molecule has 0 fully saturated rings. The van der Waals surface area contributed by atoms with Crippen molar-refractivity contribution in [3.63, 3.8) is 0 Å². The molecule has 0 unspecified atom stereocenters. The minimum absolute atomic E-state index is 0.119. The highest BCUT2D eigenvalue weighted by Gasteiger charge is 2.16. The number of methoxy groups -OCH3 is 1. The van der Waals surface area contributed by atoms with Crippen molar-refractivity contribution in [2.75, 3.05) is 30.4 Å². The molecule has 0 aliphatic heterocycles. The van der Waals surface area contributed by atoms with Gasteiger partial charge in [0.05, 0.1) is 18.3 Å². The normalized spacial score (nSPS) is 11.1. The van der Waals surface area contributed by atoms with Gasteiger partial charge in [0.15, 0.2) is 11.6 Å². The van der Waals surface area contributed by atoms with E-state index in [0.717, 1.165) is 13.1 Å². The minimum Gasteiger partial charge on any atom is -0.495 e. The van der Waals surface area contributed by atoms with Gasteiger partial charge in [-0.15, -0.1) is 0 Å². The third-order valence-electron chi connectivity index (χ3n) is 3.60. The van der Waals surface area contributed by atoms with Gasteiger partial charge in [-0.2, -0.15) is 4.98 Å². The first kappa shape index (κ1) is 20.2. The van der Waals surface area contributed by atoms with E-state index in [1.165, 1.54) is 6.20 Å². The van der Waals surface area contributed by atoms with E-state index in [9.17, 15) is 4.39 Å². The number of aromatic nitrogens is 2. The fraction of sp³-hybridized carbons (Fsp3) is 0.474. The summed E-state index contributed by atoms with van der Waals surface area (Å²) in [5.74, 6) is 1.55. The summed E-state index contributed by atoms with van der Waals surface area (Å²) in [6, 6.07) is 5.14. The quantitative estimate of drug-likeness (QED) is 0.687. The summed E-state index contributed by atoms with van der Waals surface area (Å²) in [6.45, 7) is 10.1. The van der Waals surface area contributed by atoms with Crippen molar-refractivity contribution in [3.8, 4) is 5.75 Å². The Morgan fingerprint density at radius 2 is 1.85 bits per heavy atom. The van der Waals surface area contributed by atoms with Crippen LogP contribution in [0.15, 0.2) is 24.4 Å². The summed E-state index contributed by atoms with van der Waals surface area (Å²) >= 11 is 6.13. The van der Waals surface area contributed by atoms with Crippen molar-refractivity contribution in [1.29, 1.82) is 0 Å². The predicted molar refractivity (Wildman–Crippen MR) is 105 cm³/mol. The number of nitrogens with one attached hydrogen (secondary N) is 1. The van der Waals surface area contributed by atoms with E-state index in [4.69, 9.17) is 16.3 Å². The Labute approximate surface area is 159 Å². The van der Waals surface area contributed by atoms with Gasteiger partial charge in [0.25, 0.3) is 0 Å². The summed E-state index contributed by atoms with van der Waals surface area (Å²) in [7, 11) is 1.54. The number of anilines is 3. The van der Waals surface area contributed by atoms with Crippen LogP contribution < -0.4 is 15.0 Å². The van der Waals surface area contributed by atoms with Crippen LogP contribution in [-0.4, -0.2) is 30.2 Å². The SMILES string of the molecule is COc1ccc(Nc2nc(N(CC(C)C)CC(C)C)ncc2F)cc1Cl. The van der Waals surface area contributed by atoms with Crippen LogP contribution in [0.25, 0.3) is 0 Å². The van der Waals surface area contributed by atoms with Crippen molar-refractivity contribution >= 4 is 29.1 Å². The van der Waals surface area contributed by atoms with Gasteiger partial charge in [-0.3, -0.25) is 0 Å². The van der Waals surface area contributed by atoms with E-state index in [2.05, 4.69) is 47.9 Å². The topological polar surface area (TPSA) is 50.3 Å². The van der Waals surface area contributed by atoms with E-state index in [1.54, 1.807) is 25.3 Å². The lowest BCUT2D eigenvalue weighted by Crippen LogP contribution is -2.33. The van der Waals surface area contributed by atoms with Crippen LogP contribution in [0.1, 0.15) is 27.7 Å². The number of ether oxygens (including phenoxy) is 1. The molecule has 5 nitrogen and oxygen atoms in total. The third-order valence-corrected chi connectivity index (χ3v) is 3.90. The van der Waals surface area contributed by atoms with Gasteiger partial charge in [0.1, 0.15) is 5.75 Å². The second-order valence-corrected chi connectivity index (χ2v) is 7.44. The average Bonchev–Trinajstić information content (AvgIpc) is 2.55. The predicted octanol–water partition coefficient (Wildman–Crippen LogP) is 5.14. The molecule has 0 bridgehead atoms. The Morgan fingerprint density at radius 3 is 2.38 bits per heavy atom. The van der Waals surface area contributed by atoms with Crippen molar-refractivity contribution in [2.45, 2.75) is 27.7 Å². The molecular formula is C19H26ClFN4O. The number of hydrogen-bond donors (Lipinski definition) is 1. The van der Waals surface area contributed by atoms with Gasteiger partial charge < -0.3 is 15.0 Å². The lowest BCUT2D eigenvalue weighted by Gasteiger charge is -2.26. The van der Waals surface area contributed by atoms with Gasteiger partial charge >= 0.3 is 0 Å². The molecule has 1 aromatic heterocycles. The molecule has 2 rings (SSSR count). The van der Waals surface area contributed by atoms with E-state index >= 15 is 0 Å². The van der Waals surface area contributed by atoms with Crippen molar-refractivity contribution in [3.05, 3.63) is 35.2 Å². The zero-order chi connectivity index (χ0) is 19.3. The fourth-order valence-corrected chi connectivity index (χ4v) is 2.86. The maximum atomic E-state index is 14.2. The van der Waals surface area contributed by atoms with Gasteiger partial charge in [0, 0.05) is 18.8 Å². The van der Waals surface area contributed by atoms with E-state index in [1.807, 2.05) is 0 Å². The van der Waals surface area contributed by atoms with Crippen molar-refractivity contribution < 1.29 is 9.13 Å². The molecule has 142 valence electrons.